The molecule has 0 saturated carbocycles. The van der Waals surface area contributed by atoms with Gasteiger partial charge in [0.15, 0.2) is 11.5 Å². The zero-order valence-electron chi connectivity index (χ0n) is 15.4. The van der Waals surface area contributed by atoms with Crippen molar-refractivity contribution in [2.75, 3.05) is 32.8 Å². The smallest absolute Gasteiger partial charge is 0.290 e. The van der Waals surface area contributed by atoms with Crippen molar-refractivity contribution in [1.29, 1.82) is 0 Å². The van der Waals surface area contributed by atoms with Crippen molar-refractivity contribution in [2.24, 2.45) is 0 Å². The Morgan fingerprint density at radius 3 is 2.42 bits per heavy atom. The number of aliphatic hydroxyl groups is 1. The molecule has 1 fully saturated rings. The highest BCUT2D eigenvalue weighted by molar-refractivity contribution is 6.08. The SMILES string of the molecule is CCOc1ccc(C2C(C(C)=O)=C(O)C(=O)N2CCN2CCCC2)cc1. The molecule has 3 rings (SSSR count). The number of rotatable bonds is 7. The molecule has 1 saturated heterocycles. The van der Waals surface area contributed by atoms with E-state index in [1.54, 1.807) is 4.90 Å². The van der Waals surface area contributed by atoms with Crippen LogP contribution in [0.3, 0.4) is 0 Å². The van der Waals surface area contributed by atoms with Crippen molar-refractivity contribution < 1.29 is 19.4 Å². The topological polar surface area (TPSA) is 70.1 Å². The molecule has 1 unspecified atom stereocenters. The fourth-order valence-corrected chi connectivity index (χ4v) is 3.76. The van der Waals surface area contributed by atoms with Crippen LogP contribution in [0.25, 0.3) is 0 Å². The predicted octanol–water partition coefficient (Wildman–Crippen LogP) is 2.47. The Morgan fingerprint density at radius 2 is 1.85 bits per heavy atom. The van der Waals surface area contributed by atoms with Crippen LogP contribution in [0.15, 0.2) is 35.6 Å². The normalized spacial score (nSPS) is 20.9. The number of likely N-dealkylation sites (tertiary alicyclic amines) is 1. The maximum Gasteiger partial charge on any atom is 0.290 e. The minimum Gasteiger partial charge on any atom is -0.503 e. The van der Waals surface area contributed by atoms with E-state index >= 15 is 0 Å². The maximum atomic E-state index is 12.6. The van der Waals surface area contributed by atoms with Crippen molar-refractivity contribution in [1.82, 2.24) is 9.80 Å². The molecule has 1 aromatic carbocycles. The third-order valence-corrected chi connectivity index (χ3v) is 5.05. The second-order valence-electron chi connectivity index (χ2n) is 6.77. The van der Waals surface area contributed by atoms with Crippen LogP contribution >= 0.6 is 0 Å². The molecule has 1 atom stereocenters. The highest BCUT2D eigenvalue weighted by atomic mass is 16.5. The van der Waals surface area contributed by atoms with Crippen LogP contribution in [-0.2, 0) is 9.59 Å². The molecule has 6 nitrogen and oxygen atoms in total. The minimum atomic E-state index is -0.543. The van der Waals surface area contributed by atoms with Crippen molar-refractivity contribution in [3.05, 3.63) is 41.2 Å². The average Bonchev–Trinajstić information content (AvgIpc) is 3.22. The van der Waals surface area contributed by atoms with Gasteiger partial charge in [-0.05, 0) is 57.5 Å². The number of hydrogen-bond acceptors (Lipinski definition) is 5. The number of ether oxygens (including phenoxy) is 1. The summed E-state index contributed by atoms with van der Waals surface area (Å²) in [6.45, 7) is 7.18. The Kier molecular flexibility index (Phi) is 5.61. The van der Waals surface area contributed by atoms with Gasteiger partial charge in [-0.3, -0.25) is 9.59 Å². The maximum absolute atomic E-state index is 12.6. The molecule has 0 aliphatic carbocycles. The Balaban J connectivity index is 1.86. The summed E-state index contributed by atoms with van der Waals surface area (Å²) in [5.74, 6) is -0.425. The van der Waals surface area contributed by atoms with Crippen LogP contribution in [-0.4, -0.2) is 59.4 Å². The standard InChI is InChI=1S/C20H26N2O4/c1-3-26-16-8-6-15(7-9-16)18-17(14(2)23)19(24)20(25)22(18)13-12-21-10-4-5-11-21/h6-9,18,24H,3-5,10-13H2,1-2H3. The van der Waals surface area contributed by atoms with Gasteiger partial charge in [-0.15, -0.1) is 0 Å². The van der Waals surface area contributed by atoms with Crippen molar-refractivity contribution in [3.63, 3.8) is 0 Å². The molecule has 0 bridgehead atoms. The molecule has 0 aromatic heterocycles. The Labute approximate surface area is 154 Å². The molecule has 6 heteroatoms. The first kappa shape index (κ1) is 18.5. The summed E-state index contributed by atoms with van der Waals surface area (Å²) in [5, 5.41) is 10.3. The summed E-state index contributed by atoms with van der Waals surface area (Å²) in [6, 6.07) is 6.82. The van der Waals surface area contributed by atoms with E-state index < -0.39 is 17.7 Å². The van der Waals surface area contributed by atoms with E-state index in [4.69, 9.17) is 4.74 Å². The molecule has 2 aliphatic rings. The second-order valence-corrected chi connectivity index (χ2v) is 6.77. The summed E-state index contributed by atoms with van der Waals surface area (Å²) in [6.07, 6.45) is 2.36. The fourth-order valence-electron chi connectivity index (χ4n) is 3.76. The quantitative estimate of drug-likeness (QED) is 0.811. The molecule has 1 aromatic rings. The number of carbonyl (C=O) groups is 2. The summed E-state index contributed by atoms with van der Waals surface area (Å²) < 4.78 is 5.47. The molecule has 0 spiro atoms. The van der Waals surface area contributed by atoms with E-state index in [0.717, 1.165) is 30.9 Å². The lowest BCUT2D eigenvalue weighted by Crippen LogP contribution is -2.37. The molecule has 26 heavy (non-hydrogen) atoms. The number of nitrogens with zero attached hydrogens (tertiary/aromatic N) is 2. The number of carbonyl (C=O) groups excluding carboxylic acids is 2. The zero-order valence-corrected chi connectivity index (χ0v) is 15.4. The van der Waals surface area contributed by atoms with E-state index in [-0.39, 0.29) is 11.4 Å². The van der Waals surface area contributed by atoms with Gasteiger partial charge in [-0.2, -0.15) is 0 Å². The first-order valence-electron chi connectivity index (χ1n) is 9.23. The van der Waals surface area contributed by atoms with Gasteiger partial charge in [0.05, 0.1) is 18.2 Å². The first-order valence-corrected chi connectivity index (χ1v) is 9.23. The summed E-state index contributed by atoms with van der Waals surface area (Å²) in [4.78, 5) is 28.7. The zero-order chi connectivity index (χ0) is 18.7. The third kappa shape index (κ3) is 3.60. The van der Waals surface area contributed by atoms with E-state index in [1.807, 2.05) is 31.2 Å². The average molecular weight is 358 g/mol. The number of benzene rings is 1. The van der Waals surface area contributed by atoms with Gasteiger partial charge >= 0.3 is 0 Å². The lowest BCUT2D eigenvalue weighted by molar-refractivity contribution is -0.129. The van der Waals surface area contributed by atoms with E-state index in [1.165, 1.54) is 19.8 Å². The lowest BCUT2D eigenvalue weighted by Gasteiger charge is -2.28. The van der Waals surface area contributed by atoms with Gasteiger partial charge in [-0.1, -0.05) is 12.1 Å². The summed E-state index contributed by atoms with van der Waals surface area (Å²) >= 11 is 0. The van der Waals surface area contributed by atoms with E-state index in [0.29, 0.717) is 13.2 Å². The van der Waals surface area contributed by atoms with Crippen LogP contribution in [0.5, 0.6) is 5.75 Å². The first-order chi connectivity index (χ1) is 12.5. The second kappa shape index (κ2) is 7.91. The molecular weight excluding hydrogens is 332 g/mol. The summed E-state index contributed by atoms with van der Waals surface area (Å²) in [7, 11) is 0. The Morgan fingerprint density at radius 1 is 1.19 bits per heavy atom. The number of hydrogen-bond donors (Lipinski definition) is 1. The van der Waals surface area contributed by atoms with Crippen molar-refractivity contribution >= 4 is 11.7 Å². The molecule has 1 amide bonds. The van der Waals surface area contributed by atoms with Crippen LogP contribution in [0.4, 0.5) is 0 Å². The van der Waals surface area contributed by atoms with Crippen LogP contribution < -0.4 is 4.74 Å². The van der Waals surface area contributed by atoms with Crippen LogP contribution in [0.1, 0.15) is 38.3 Å². The molecule has 2 aliphatic heterocycles. The molecule has 1 N–H and O–H groups in total. The highest BCUT2D eigenvalue weighted by Gasteiger charge is 2.42. The van der Waals surface area contributed by atoms with Crippen molar-refractivity contribution in [2.45, 2.75) is 32.7 Å². The van der Waals surface area contributed by atoms with Gasteiger partial charge in [0.1, 0.15) is 5.75 Å². The van der Waals surface area contributed by atoms with Gasteiger partial charge in [-0.25, -0.2) is 0 Å². The number of aliphatic hydroxyl groups excluding tert-OH is 1. The van der Waals surface area contributed by atoms with Crippen LogP contribution in [0.2, 0.25) is 0 Å². The van der Waals surface area contributed by atoms with E-state index in [9.17, 15) is 14.7 Å². The lowest BCUT2D eigenvalue weighted by atomic mass is 9.96. The predicted molar refractivity (Wildman–Crippen MR) is 98.1 cm³/mol. The number of amides is 1. The monoisotopic (exact) mass is 358 g/mol. The minimum absolute atomic E-state index is 0.181. The Bertz CT molecular complexity index is 705. The fraction of sp³-hybridized carbons (Fsp3) is 0.500. The molecule has 2 heterocycles. The van der Waals surface area contributed by atoms with Gasteiger partial charge in [0, 0.05) is 13.1 Å². The van der Waals surface area contributed by atoms with Crippen LogP contribution in [0, 0.1) is 0 Å². The van der Waals surface area contributed by atoms with Gasteiger partial charge in [0.25, 0.3) is 5.91 Å². The van der Waals surface area contributed by atoms with E-state index in [2.05, 4.69) is 4.90 Å². The summed E-state index contributed by atoms with van der Waals surface area (Å²) in [5.41, 5.74) is 0.984. The number of Topliss-reactive ketones (excluding diaryl/α,β-unsaturated/α-hetero) is 1. The molecular formula is C20H26N2O4. The molecule has 140 valence electrons. The van der Waals surface area contributed by atoms with Gasteiger partial charge in [0.2, 0.25) is 0 Å². The Hall–Kier alpha value is -2.34. The molecule has 0 radical (unpaired) electrons. The number of ketones is 1. The van der Waals surface area contributed by atoms with Crippen molar-refractivity contribution in [3.8, 4) is 5.75 Å². The largest absolute Gasteiger partial charge is 0.503 e. The van der Waals surface area contributed by atoms with Gasteiger partial charge < -0.3 is 19.6 Å². The third-order valence-electron chi connectivity index (χ3n) is 5.05. The highest BCUT2D eigenvalue weighted by Crippen LogP contribution is 2.38.